The van der Waals surface area contributed by atoms with E-state index in [9.17, 15) is 9.59 Å². The minimum absolute atomic E-state index is 0. The zero-order chi connectivity index (χ0) is 14.6. The van der Waals surface area contributed by atoms with E-state index in [2.05, 4.69) is 10.6 Å². The van der Waals surface area contributed by atoms with Crippen LogP contribution in [0.2, 0.25) is 0 Å². The van der Waals surface area contributed by atoms with Crippen molar-refractivity contribution in [3.05, 3.63) is 29.3 Å². The smallest absolute Gasteiger partial charge is 0.251 e. The van der Waals surface area contributed by atoms with E-state index >= 15 is 0 Å². The Balaban J connectivity index is 0.00000361. The van der Waals surface area contributed by atoms with Crippen LogP contribution >= 0.6 is 12.4 Å². The molecule has 0 bridgehead atoms. The summed E-state index contributed by atoms with van der Waals surface area (Å²) in [5, 5.41) is 5.33. The number of hydrogen-bond acceptors (Lipinski definition) is 3. The van der Waals surface area contributed by atoms with Crippen molar-refractivity contribution in [3.63, 3.8) is 0 Å². The van der Waals surface area contributed by atoms with Gasteiger partial charge in [-0.05, 0) is 30.5 Å². The number of benzene rings is 1. The molecular weight excluding hydrogens is 278 g/mol. The lowest BCUT2D eigenvalue weighted by atomic mass is 10.0. The van der Waals surface area contributed by atoms with Crippen LogP contribution in [0, 0.1) is 12.8 Å². The first-order valence-corrected chi connectivity index (χ1v) is 6.26. The Morgan fingerprint density at radius 2 is 1.85 bits per heavy atom. The highest BCUT2D eigenvalue weighted by Crippen LogP contribution is 2.19. The number of carbonyl (C=O) groups is 2. The molecule has 20 heavy (non-hydrogen) atoms. The molecule has 1 aromatic rings. The van der Waals surface area contributed by atoms with Gasteiger partial charge < -0.3 is 16.4 Å². The van der Waals surface area contributed by atoms with E-state index in [1.807, 2.05) is 13.8 Å². The number of nitrogens with one attached hydrogen (secondary N) is 2. The van der Waals surface area contributed by atoms with Gasteiger partial charge in [-0.15, -0.1) is 12.4 Å². The number of carbonyl (C=O) groups excluding carboxylic acids is 2. The summed E-state index contributed by atoms with van der Waals surface area (Å²) in [5.41, 5.74) is 7.67. The van der Waals surface area contributed by atoms with Crippen molar-refractivity contribution < 1.29 is 9.59 Å². The molecule has 1 rings (SSSR count). The molecule has 4 N–H and O–H groups in total. The van der Waals surface area contributed by atoms with Crippen molar-refractivity contribution in [2.75, 3.05) is 12.4 Å². The van der Waals surface area contributed by atoms with Gasteiger partial charge in [0.05, 0.1) is 6.04 Å². The molecule has 6 heteroatoms. The summed E-state index contributed by atoms with van der Waals surface area (Å²) in [6.07, 6.45) is 0. The van der Waals surface area contributed by atoms with Gasteiger partial charge in [0.2, 0.25) is 5.91 Å². The topological polar surface area (TPSA) is 84.2 Å². The molecule has 0 spiro atoms. The molecule has 1 unspecified atom stereocenters. The van der Waals surface area contributed by atoms with Gasteiger partial charge in [-0.25, -0.2) is 0 Å². The van der Waals surface area contributed by atoms with Crippen LogP contribution in [0.4, 0.5) is 5.69 Å². The van der Waals surface area contributed by atoms with Gasteiger partial charge >= 0.3 is 0 Å². The van der Waals surface area contributed by atoms with Gasteiger partial charge in [0.25, 0.3) is 5.91 Å². The van der Waals surface area contributed by atoms with Gasteiger partial charge in [0.15, 0.2) is 0 Å². The van der Waals surface area contributed by atoms with Crippen LogP contribution in [0.5, 0.6) is 0 Å². The summed E-state index contributed by atoms with van der Waals surface area (Å²) in [5.74, 6) is -0.364. The van der Waals surface area contributed by atoms with Gasteiger partial charge in [-0.2, -0.15) is 0 Å². The summed E-state index contributed by atoms with van der Waals surface area (Å²) < 4.78 is 0. The Hall–Kier alpha value is -1.59. The summed E-state index contributed by atoms with van der Waals surface area (Å²) in [4.78, 5) is 23.6. The number of halogens is 1. The maximum atomic E-state index is 11.9. The Morgan fingerprint density at radius 3 is 2.35 bits per heavy atom. The molecule has 0 aliphatic heterocycles. The minimum atomic E-state index is -0.567. The van der Waals surface area contributed by atoms with Crippen LogP contribution in [-0.4, -0.2) is 24.9 Å². The first kappa shape index (κ1) is 18.4. The van der Waals surface area contributed by atoms with Crippen LogP contribution in [0.15, 0.2) is 18.2 Å². The molecule has 0 fully saturated rings. The van der Waals surface area contributed by atoms with Crippen molar-refractivity contribution in [3.8, 4) is 0 Å². The second-order valence-electron chi connectivity index (χ2n) is 4.82. The van der Waals surface area contributed by atoms with E-state index in [0.717, 1.165) is 5.56 Å². The number of nitrogens with two attached hydrogens (primary N) is 1. The van der Waals surface area contributed by atoms with E-state index in [0.29, 0.717) is 11.3 Å². The van der Waals surface area contributed by atoms with Crippen LogP contribution in [0.25, 0.3) is 0 Å². The van der Waals surface area contributed by atoms with E-state index in [-0.39, 0.29) is 30.1 Å². The predicted octanol–water partition coefficient (Wildman–Crippen LogP) is 1.70. The minimum Gasteiger partial charge on any atom is -0.355 e. The lowest BCUT2D eigenvalue weighted by Crippen LogP contribution is -2.40. The first-order valence-electron chi connectivity index (χ1n) is 6.26. The van der Waals surface area contributed by atoms with Crippen molar-refractivity contribution in [2.24, 2.45) is 11.7 Å². The molecule has 0 aliphatic rings. The van der Waals surface area contributed by atoms with Crippen LogP contribution < -0.4 is 16.4 Å². The molecule has 1 atom stereocenters. The average Bonchev–Trinajstić information content (AvgIpc) is 2.39. The van der Waals surface area contributed by atoms with Crippen LogP contribution in [-0.2, 0) is 4.79 Å². The third-order valence-electron chi connectivity index (χ3n) is 3.08. The van der Waals surface area contributed by atoms with Gasteiger partial charge in [-0.1, -0.05) is 19.9 Å². The molecule has 112 valence electrons. The number of amides is 2. The standard InChI is InChI=1S/C14H21N3O2.ClH/c1-8(2)12(15)14(19)17-11-7-5-6-10(9(11)3)13(18)16-4;/h5-8,12H,15H2,1-4H3,(H,16,18)(H,17,19);1H. The fourth-order valence-electron chi connectivity index (χ4n) is 1.67. The zero-order valence-electron chi connectivity index (χ0n) is 12.2. The predicted molar refractivity (Wildman–Crippen MR) is 83.3 cm³/mol. The number of hydrogen-bond donors (Lipinski definition) is 3. The molecule has 0 saturated carbocycles. The molecule has 2 amide bonds. The lowest BCUT2D eigenvalue weighted by Gasteiger charge is -2.17. The van der Waals surface area contributed by atoms with Crippen molar-refractivity contribution in [2.45, 2.75) is 26.8 Å². The molecule has 0 heterocycles. The summed E-state index contributed by atoms with van der Waals surface area (Å²) in [6, 6.07) is 4.63. The normalized spacial score (nSPS) is 11.5. The Bertz CT molecular complexity index is 489. The van der Waals surface area contributed by atoms with E-state index in [4.69, 9.17) is 5.73 Å². The number of anilines is 1. The fraction of sp³-hybridized carbons (Fsp3) is 0.429. The average molecular weight is 300 g/mol. The quantitative estimate of drug-likeness (QED) is 0.791. The zero-order valence-corrected chi connectivity index (χ0v) is 13.0. The second kappa shape index (κ2) is 7.87. The molecule has 0 saturated heterocycles. The summed E-state index contributed by atoms with van der Waals surface area (Å²) in [6.45, 7) is 5.57. The van der Waals surface area contributed by atoms with E-state index < -0.39 is 6.04 Å². The third kappa shape index (κ3) is 4.21. The van der Waals surface area contributed by atoms with E-state index in [1.165, 1.54) is 0 Å². The Labute approximate surface area is 125 Å². The van der Waals surface area contributed by atoms with Crippen LogP contribution in [0.1, 0.15) is 29.8 Å². The van der Waals surface area contributed by atoms with Gasteiger partial charge in [0, 0.05) is 18.3 Å². The first-order chi connectivity index (χ1) is 8.88. The molecule has 5 nitrogen and oxygen atoms in total. The highest BCUT2D eigenvalue weighted by atomic mass is 35.5. The van der Waals surface area contributed by atoms with Gasteiger partial charge in [0.1, 0.15) is 0 Å². The molecule has 0 radical (unpaired) electrons. The Kier molecular flexibility index (Phi) is 7.24. The molecule has 1 aromatic carbocycles. The maximum Gasteiger partial charge on any atom is 0.251 e. The second-order valence-corrected chi connectivity index (χ2v) is 4.82. The largest absolute Gasteiger partial charge is 0.355 e. The monoisotopic (exact) mass is 299 g/mol. The van der Waals surface area contributed by atoms with Crippen molar-refractivity contribution >= 4 is 29.9 Å². The molecular formula is C14H22ClN3O2. The third-order valence-corrected chi connectivity index (χ3v) is 3.08. The van der Waals surface area contributed by atoms with E-state index in [1.54, 1.807) is 32.2 Å². The lowest BCUT2D eigenvalue weighted by molar-refractivity contribution is -0.118. The maximum absolute atomic E-state index is 11.9. The van der Waals surface area contributed by atoms with Crippen molar-refractivity contribution in [1.82, 2.24) is 5.32 Å². The van der Waals surface area contributed by atoms with Gasteiger partial charge in [-0.3, -0.25) is 9.59 Å². The summed E-state index contributed by atoms with van der Waals surface area (Å²) in [7, 11) is 1.57. The SMILES string of the molecule is CNC(=O)c1cccc(NC(=O)C(N)C(C)C)c1C.Cl. The number of rotatable bonds is 4. The highest BCUT2D eigenvalue weighted by Gasteiger charge is 2.19. The molecule has 0 aromatic heterocycles. The summed E-state index contributed by atoms with van der Waals surface area (Å²) >= 11 is 0. The van der Waals surface area contributed by atoms with Crippen molar-refractivity contribution in [1.29, 1.82) is 0 Å². The highest BCUT2D eigenvalue weighted by molar-refractivity contribution is 6.00. The Morgan fingerprint density at radius 1 is 1.25 bits per heavy atom. The fourth-order valence-corrected chi connectivity index (χ4v) is 1.67. The molecule has 0 aliphatic carbocycles. The van der Waals surface area contributed by atoms with Crippen LogP contribution in [0.3, 0.4) is 0 Å².